The van der Waals surface area contributed by atoms with Gasteiger partial charge in [-0.15, -0.1) is 0 Å². The number of rotatable bonds is 3. The molecular formula is C17H23NO2+. The number of hydrogen-bond acceptors (Lipinski definition) is 2. The lowest BCUT2D eigenvalue weighted by Crippen LogP contribution is -2.55. The predicted octanol–water partition coefficient (Wildman–Crippen LogP) is 3.09. The van der Waals surface area contributed by atoms with E-state index < -0.39 is 0 Å². The number of hydrogen-bond donors (Lipinski definition) is 0. The minimum absolute atomic E-state index is 0.263. The van der Waals surface area contributed by atoms with Gasteiger partial charge in [0.15, 0.2) is 0 Å². The van der Waals surface area contributed by atoms with Crippen LogP contribution >= 0.6 is 0 Å². The van der Waals surface area contributed by atoms with E-state index in [1.807, 2.05) is 12.1 Å². The Morgan fingerprint density at radius 2 is 1.80 bits per heavy atom. The Kier molecular flexibility index (Phi) is 3.55. The third-order valence-electron chi connectivity index (χ3n) is 5.09. The first-order valence-electron chi connectivity index (χ1n) is 7.52. The molecule has 3 atom stereocenters. The van der Waals surface area contributed by atoms with E-state index >= 15 is 0 Å². The lowest BCUT2D eigenvalue weighted by Gasteiger charge is -2.44. The average molecular weight is 273 g/mol. The molecule has 0 spiro atoms. The van der Waals surface area contributed by atoms with Crippen LogP contribution in [-0.4, -0.2) is 29.6 Å². The van der Waals surface area contributed by atoms with Gasteiger partial charge in [-0.1, -0.05) is 0 Å². The van der Waals surface area contributed by atoms with E-state index in [1.54, 1.807) is 0 Å². The molecule has 0 saturated carbocycles. The quantitative estimate of drug-likeness (QED) is 0.480. The molecule has 2 aliphatic rings. The summed E-state index contributed by atoms with van der Waals surface area (Å²) in [4.78, 5) is 10.9. The van der Waals surface area contributed by atoms with Gasteiger partial charge >= 0.3 is 5.97 Å². The molecule has 107 valence electrons. The molecule has 2 bridgehead atoms. The van der Waals surface area contributed by atoms with Gasteiger partial charge in [-0.3, -0.25) is 4.79 Å². The highest BCUT2D eigenvalue weighted by Gasteiger charge is 2.48. The molecule has 0 aromatic heterocycles. The third kappa shape index (κ3) is 2.47. The molecule has 3 rings (SSSR count). The number of benzene rings is 1. The predicted molar refractivity (Wildman–Crippen MR) is 78.0 cm³/mol. The first-order chi connectivity index (χ1) is 9.58. The second kappa shape index (κ2) is 5.21. The van der Waals surface area contributed by atoms with Crippen LogP contribution in [0.3, 0.4) is 0 Å². The number of carbonyl (C=O) groups is 1. The topological polar surface area (TPSA) is 26.3 Å². The van der Waals surface area contributed by atoms with Crippen LogP contribution in [0.25, 0.3) is 0 Å². The third-order valence-corrected chi connectivity index (χ3v) is 5.09. The molecule has 2 heterocycles. The summed E-state index contributed by atoms with van der Waals surface area (Å²) < 4.78 is 6.27. The Balaban J connectivity index is 1.73. The van der Waals surface area contributed by atoms with Crippen LogP contribution in [0.1, 0.15) is 38.2 Å². The van der Waals surface area contributed by atoms with E-state index in [2.05, 4.69) is 25.6 Å². The Bertz CT molecular complexity index is 478. The Labute approximate surface area is 121 Å². The lowest BCUT2D eigenvalue weighted by molar-refractivity contribution is -0.959. The molecule has 2 saturated heterocycles. The Morgan fingerprint density at radius 3 is 2.35 bits per heavy atom. The van der Waals surface area contributed by atoms with Gasteiger partial charge in [-0.05, 0) is 30.7 Å². The van der Waals surface area contributed by atoms with Crippen molar-refractivity contribution in [3.8, 4) is 5.75 Å². The van der Waals surface area contributed by atoms with Crippen LogP contribution in [0.4, 0.5) is 0 Å². The van der Waals surface area contributed by atoms with E-state index in [9.17, 15) is 4.79 Å². The number of nitrogens with zero attached hydrogens (tertiary/aromatic N) is 1. The number of ether oxygens (including phenoxy) is 1. The summed E-state index contributed by atoms with van der Waals surface area (Å²) in [5, 5.41) is 0. The van der Waals surface area contributed by atoms with Gasteiger partial charge in [0.2, 0.25) is 0 Å². The molecule has 0 amide bonds. The molecule has 2 fully saturated rings. The summed E-state index contributed by atoms with van der Waals surface area (Å²) in [7, 11) is 2.41. The molecule has 1 aromatic rings. The molecule has 0 N–H and O–H groups in total. The van der Waals surface area contributed by atoms with Crippen molar-refractivity contribution in [3.05, 3.63) is 36.2 Å². The van der Waals surface area contributed by atoms with Gasteiger partial charge in [0.1, 0.15) is 12.3 Å². The van der Waals surface area contributed by atoms with E-state index in [0.29, 0.717) is 5.75 Å². The SMILES string of the molecule is CC(=O)Oc1ccc(C[N+]2(C)[C@@H]3C[CH]C[C@H]2CC3)cc1. The maximum absolute atomic E-state index is 10.9. The number of esters is 1. The van der Waals surface area contributed by atoms with Crippen molar-refractivity contribution < 1.29 is 14.0 Å². The van der Waals surface area contributed by atoms with Crippen molar-refractivity contribution in [2.75, 3.05) is 7.05 Å². The smallest absolute Gasteiger partial charge is 0.308 e. The minimum atomic E-state index is -0.263. The van der Waals surface area contributed by atoms with E-state index in [0.717, 1.165) is 18.6 Å². The van der Waals surface area contributed by atoms with Gasteiger partial charge < -0.3 is 9.22 Å². The Hall–Kier alpha value is -1.35. The van der Waals surface area contributed by atoms with E-state index in [-0.39, 0.29) is 5.97 Å². The molecule has 3 nitrogen and oxygen atoms in total. The fourth-order valence-electron chi connectivity index (χ4n) is 3.95. The van der Waals surface area contributed by atoms with Crippen molar-refractivity contribution >= 4 is 5.97 Å². The highest BCUT2D eigenvalue weighted by atomic mass is 16.5. The van der Waals surface area contributed by atoms with Crippen LogP contribution in [0.15, 0.2) is 24.3 Å². The van der Waals surface area contributed by atoms with Crippen molar-refractivity contribution in [1.29, 1.82) is 0 Å². The molecule has 1 unspecified atom stereocenters. The molecule has 20 heavy (non-hydrogen) atoms. The van der Waals surface area contributed by atoms with Gasteiger partial charge in [0.05, 0.1) is 19.1 Å². The van der Waals surface area contributed by atoms with Crippen LogP contribution in [0.5, 0.6) is 5.75 Å². The van der Waals surface area contributed by atoms with Crippen LogP contribution in [0, 0.1) is 6.42 Å². The Morgan fingerprint density at radius 1 is 1.20 bits per heavy atom. The summed E-state index contributed by atoms with van der Waals surface area (Å²) in [6.07, 6.45) is 7.73. The van der Waals surface area contributed by atoms with Gasteiger partial charge in [0.25, 0.3) is 0 Å². The first-order valence-corrected chi connectivity index (χ1v) is 7.52. The molecule has 3 heteroatoms. The largest absolute Gasteiger partial charge is 0.427 e. The number of piperidine rings is 1. The summed E-state index contributed by atoms with van der Waals surface area (Å²) in [5.74, 6) is 0.375. The van der Waals surface area contributed by atoms with Crippen LogP contribution < -0.4 is 4.74 Å². The van der Waals surface area contributed by atoms with E-state index in [1.165, 1.54) is 42.7 Å². The number of quaternary nitrogens is 1. The lowest BCUT2D eigenvalue weighted by atomic mass is 9.98. The second-order valence-electron chi connectivity index (χ2n) is 6.39. The van der Waals surface area contributed by atoms with E-state index in [4.69, 9.17) is 4.74 Å². The van der Waals surface area contributed by atoms with Gasteiger partial charge in [0, 0.05) is 38.2 Å². The first kappa shape index (κ1) is 13.6. The zero-order valence-electron chi connectivity index (χ0n) is 12.3. The van der Waals surface area contributed by atoms with Crippen molar-refractivity contribution in [3.63, 3.8) is 0 Å². The zero-order chi connectivity index (χ0) is 14.2. The van der Waals surface area contributed by atoms with Crippen molar-refractivity contribution in [2.24, 2.45) is 0 Å². The monoisotopic (exact) mass is 273 g/mol. The standard InChI is InChI=1S/C17H23NO2/c1-13(19)20-17-10-6-14(7-11-17)12-18(2)15-4-3-5-16(18)9-8-15/h3,6-7,10-11,15-16H,4-5,8-9,12H2,1-2H3/q+1/t15-,16+,18?. The molecule has 1 radical (unpaired) electrons. The molecular weight excluding hydrogens is 250 g/mol. The molecule has 1 aromatic carbocycles. The van der Waals surface area contributed by atoms with Gasteiger partial charge in [-0.25, -0.2) is 0 Å². The van der Waals surface area contributed by atoms with Crippen molar-refractivity contribution in [1.82, 2.24) is 0 Å². The van der Waals surface area contributed by atoms with Crippen LogP contribution in [0.2, 0.25) is 0 Å². The fourth-order valence-corrected chi connectivity index (χ4v) is 3.95. The fraction of sp³-hybridized carbons (Fsp3) is 0.529. The minimum Gasteiger partial charge on any atom is -0.427 e. The summed E-state index contributed by atoms with van der Waals surface area (Å²) in [5.41, 5.74) is 1.34. The molecule has 0 aliphatic carbocycles. The normalized spacial score (nSPS) is 32.1. The van der Waals surface area contributed by atoms with Crippen LogP contribution in [-0.2, 0) is 11.3 Å². The number of fused-ring (bicyclic) bond motifs is 2. The molecule has 2 aliphatic heterocycles. The highest BCUT2D eigenvalue weighted by molar-refractivity contribution is 5.69. The summed E-state index contributed by atoms with van der Waals surface area (Å²) in [6.45, 7) is 2.52. The summed E-state index contributed by atoms with van der Waals surface area (Å²) in [6, 6.07) is 9.59. The van der Waals surface area contributed by atoms with Crippen molar-refractivity contribution in [2.45, 2.75) is 51.2 Å². The zero-order valence-corrected chi connectivity index (χ0v) is 12.3. The number of carbonyl (C=O) groups excluding carboxylic acids is 1. The maximum Gasteiger partial charge on any atom is 0.308 e. The average Bonchev–Trinajstić information content (AvgIpc) is 2.61. The maximum atomic E-state index is 10.9. The second-order valence-corrected chi connectivity index (χ2v) is 6.39. The highest BCUT2D eigenvalue weighted by Crippen LogP contribution is 2.42. The van der Waals surface area contributed by atoms with Gasteiger partial charge in [-0.2, -0.15) is 0 Å². The summed E-state index contributed by atoms with van der Waals surface area (Å²) >= 11 is 0.